The number of aliphatic hydroxyl groups excluding tert-OH is 1. The second-order valence-electron chi connectivity index (χ2n) is 19.1. The highest BCUT2D eigenvalue weighted by molar-refractivity contribution is 8.13. The molecule has 0 amide bonds. The van der Waals surface area contributed by atoms with Crippen molar-refractivity contribution in [3.8, 4) is 0 Å². The van der Waals surface area contributed by atoms with Crippen molar-refractivity contribution in [2.24, 2.45) is 23.7 Å². The van der Waals surface area contributed by atoms with E-state index in [0.29, 0.717) is 29.5 Å². The van der Waals surface area contributed by atoms with E-state index in [1.807, 2.05) is 94.4 Å². The number of nitrogens with zero attached hydrogens (tertiary/aromatic N) is 8. The zero-order chi connectivity index (χ0) is 55.0. The second-order valence-corrected chi connectivity index (χ2v) is 22.8. The fourth-order valence-corrected chi connectivity index (χ4v) is 7.48. The first kappa shape index (κ1) is 81.9. The molecule has 21 heteroatoms. The Bertz CT molecular complexity index is 1160. The van der Waals surface area contributed by atoms with E-state index in [2.05, 4.69) is 128 Å². The van der Waals surface area contributed by atoms with Gasteiger partial charge in [0.1, 0.15) is 0 Å². The zero-order valence-electron chi connectivity index (χ0n) is 47.7. The van der Waals surface area contributed by atoms with Crippen molar-refractivity contribution in [3.05, 3.63) is 24.3 Å². The number of likely N-dealkylation sites (N-methyl/N-ethyl adjacent to an activating group) is 2. The minimum atomic E-state index is -3.33. The Kier molecular flexibility index (Phi) is 67.6. The van der Waals surface area contributed by atoms with Crippen molar-refractivity contribution in [2.45, 2.75) is 6.92 Å². The number of carbonyl (C=O) groups excluding carboxylic acids is 1. The maximum absolute atomic E-state index is 10.9. The van der Waals surface area contributed by atoms with Crippen LogP contribution in [0.25, 0.3) is 0 Å². The van der Waals surface area contributed by atoms with Gasteiger partial charge in [-0.2, -0.15) is 21.0 Å². The molecule has 0 aliphatic carbocycles. The first-order valence-electron chi connectivity index (χ1n) is 23.0. The smallest absolute Gasteiger partial charge is 0.264 e. The van der Waals surface area contributed by atoms with Crippen molar-refractivity contribution in [1.82, 2.24) is 55.1 Å². The molecule has 0 atom stereocenters. The molecule has 0 aliphatic heterocycles. The summed E-state index contributed by atoms with van der Waals surface area (Å²) in [5.41, 5.74) is 2.13. The number of allylic oxidation sites excluding steroid dienone is 1. The summed E-state index contributed by atoms with van der Waals surface area (Å²) in [5, 5.41) is 18.2. The van der Waals surface area contributed by atoms with Gasteiger partial charge in [-0.1, -0.05) is 24.9 Å². The van der Waals surface area contributed by atoms with Crippen LogP contribution in [-0.2, 0) is 19.1 Å². The van der Waals surface area contributed by atoms with Crippen molar-refractivity contribution in [3.63, 3.8) is 0 Å². The first-order chi connectivity index (χ1) is 31.3. The monoisotopic (exact) mass is 1080 g/mol. The maximum Gasteiger partial charge on any atom is 0.264 e. The molecule has 0 spiro atoms. The van der Waals surface area contributed by atoms with E-state index < -0.39 is 10.1 Å². The molecule has 0 unspecified atom stereocenters. The summed E-state index contributed by atoms with van der Waals surface area (Å²) in [4.78, 5) is 27.7. The van der Waals surface area contributed by atoms with Gasteiger partial charge in [-0.15, -0.1) is 23.2 Å². The largest absolute Gasteiger partial charge is 0.396 e. The minimum absolute atomic E-state index is 0.199. The molecule has 4 N–H and O–H groups in total. The molecule has 0 bridgehead atoms. The van der Waals surface area contributed by atoms with Crippen LogP contribution in [0.5, 0.6) is 0 Å². The maximum atomic E-state index is 10.9. The van der Waals surface area contributed by atoms with Crippen LogP contribution in [0, 0.1) is 23.7 Å². The van der Waals surface area contributed by atoms with Crippen molar-refractivity contribution in [1.29, 1.82) is 0 Å². The summed E-state index contributed by atoms with van der Waals surface area (Å²) in [5.74, 6) is 4.61. The highest BCUT2D eigenvalue weighted by atomic mass is 35.5. The Hall–Kier alpha value is -0.140. The van der Waals surface area contributed by atoms with Crippen molar-refractivity contribution >= 4 is 62.8 Å². The fourth-order valence-electron chi connectivity index (χ4n) is 5.81. The van der Waals surface area contributed by atoms with E-state index in [-0.39, 0.29) is 24.2 Å². The Labute approximate surface area is 442 Å². The molecule has 68 heavy (non-hydrogen) atoms. The summed E-state index contributed by atoms with van der Waals surface area (Å²) < 4.78 is 26.5. The number of halogens is 2. The number of nitrogens with one attached hydrogen (secondary N) is 3. The molecule has 0 aromatic rings. The lowest BCUT2D eigenvalue weighted by atomic mass is 10.1. The van der Waals surface area contributed by atoms with Gasteiger partial charge in [0.25, 0.3) is 10.1 Å². The van der Waals surface area contributed by atoms with Crippen molar-refractivity contribution in [2.75, 3.05) is 249 Å². The van der Waals surface area contributed by atoms with Gasteiger partial charge in [-0.25, -0.2) is 0 Å². The van der Waals surface area contributed by atoms with Gasteiger partial charge in [-0.3, -0.25) is 8.98 Å². The lowest BCUT2D eigenvalue weighted by Crippen LogP contribution is -2.33. The third-order valence-corrected chi connectivity index (χ3v) is 10.6. The average Bonchev–Trinajstić information content (AvgIpc) is 3.18. The Morgan fingerprint density at radius 3 is 1.12 bits per heavy atom. The lowest BCUT2D eigenvalue weighted by molar-refractivity contribution is -0.109. The van der Waals surface area contributed by atoms with Crippen LogP contribution in [-0.4, -0.2) is 307 Å². The van der Waals surface area contributed by atoms with Crippen LogP contribution in [0.4, 0.5) is 0 Å². The molecular formula is C47H111Cl2N11O5S3. The summed E-state index contributed by atoms with van der Waals surface area (Å²) in [6.07, 6.45) is 1.08. The predicted octanol–water partition coefficient (Wildman–Crippen LogP) is 2.92. The van der Waals surface area contributed by atoms with E-state index in [1.165, 1.54) is 17.3 Å². The molecule has 0 aliphatic rings. The van der Waals surface area contributed by atoms with Crippen LogP contribution < -0.4 is 16.0 Å². The summed E-state index contributed by atoms with van der Waals surface area (Å²) >= 11 is 16.2. The van der Waals surface area contributed by atoms with Gasteiger partial charge in [0, 0.05) is 95.2 Å². The molecule has 0 fully saturated rings. The van der Waals surface area contributed by atoms with E-state index in [4.69, 9.17) is 32.5 Å². The second kappa shape index (κ2) is 56.2. The van der Waals surface area contributed by atoms with E-state index in [9.17, 15) is 13.2 Å². The van der Waals surface area contributed by atoms with Crippen LogP contribution in [0.2, 0.25) is 0 Å². The molecule has 0 aromatic carbocycles. The van der Waals surface area contributed by atoms with Crippen LogP contribution in [0.1, 0.15) is 6.92 Å². The van der Waals surface area contributed by atoms with Crippen LogP contribution in [0.3, 0.4) is 0 Å². The molecular weight excluding hydrogens is 966 g/mol. The first-order valence-corrected chi connectivity index (χ1v) is 27.5. The third-order valence-electron chi connectivity index (χ3n) is 7.74. The molecule has 0 radical (unpaired) electrons. The SMILES string of the molecule is C=C(CCl)CCl.C=C(CN(C)C)CN(C)C.CC(=O)SCC(CN(C)C)CN(C)C.CN(C)CC(CO)CN(C)C.CN(C)CC(COS(C)(=O)=O)CN(C)C.CNC.CNCC(CS)CNC. The normalized spacial score (nSPS) is 11.3. The number of hydrogen-bond acceptors (Lipinski definition) is 18. The van der Waals surface area contributed by atoms with Gasteiger partial charge in [-0.05, 0) is 183 Å². The Morgan fingerprint density at radius 2 is 0.912 bits per heavy atom. The number of carbonyl (C=O) groups is 1. The van der Waals surface area contributed by atoms with Gasteiger partial charge >= 0.3 is 0 Å². The quantitative estimate of drug-likeness (QED) is 0.0324. The van der Waals surface area contributed by atoms with Crippen LogP contribution >= 0.6 is 47.6 Å². The average molecular weight is 1080 g/mol. The summed E-state index contributed by atoms with van der Waals surface area (Å²) in [6, 6.07) is 0. The molecule has 0 saturated carbocycles. The van der Waals surface area contributed by atoms with Crippen molar-refractivity contribution < 1.29 is 22.5 Å². The number of thioether (sulfide) groups is 1. The van der Waals surface area contributed by atoms with E-state index in [0.717, 1.165) is 88.8 Å². The van der Waals surface area contributed by atoms with Gasteiger partial charge in [0.05, 0.1) is 12.9 Å². The van der Waals surface area contributed by atoms with Gasteiger partial charge in [0.15, 0.2) is 5.12 Å². The lowest BCUT2D eigenvalue weighted by Gasteiger charge is -2.23. The third kappa shape index (κ3) is 85.7. The Morgan fingerprint density at radius 1 is 0.603 bits per heavy atom. The highest BCUT2D eigenvalue weighted by Gasteiger charge is 2.15. The Balaban J connectivity index is -0.000000132. The minimum Gasteiger partial charge on any atom is -0.396 e. The molecule has 0 heterocycles. The molecule has 16 nitrogen and oxygen atoms in total. The summed E-state index contributed by atoms with van der Waals surface area (Å²) in [7, 11) is 36.8. The van der Waals surface area contributed by atoms with Gasteiger partial charge in [0.2, 0.25) is 0 Å². The topological polar surface area (TPSA) is 143 Å². The number of hydrogen-bond donors (Lipinski definition) is 5. The number of aliphatic hydroxyl groups is 1. The van der Waals surface area contributed by atoms with Gasteiger partial charge < -0.3 is 60.3 Å². The molecule has 0 aromatic heterocycles. The van der Waals surface area contributed by atoms with E-state index >= 15 is 0 Å². The summed E-state index contributed by atoms with van der Waals surface area (Å²) in [6.45, 7) is 19.3. The van der Waals surface area contributed by atoms with Crippen LogP contribution in [0.15, 0.2) is 24.3 Å². The molecule has 416 valence electrons. The number of thiol groups is 1. The standard InChI is InChI=1S/C10H22N2OS.C9H22N2O3S.C8H20N2O.C8H18N2.C6H16N2S.C4H6Cl2.C2H7N/c1-9(13)14-8-10(6-11(2)3)7-12(4)5;1-10(2)6-9(7-11(3)4)8-14-15(5,12)13;1-9(2)5-8(7-11)6-10(3)4;1-8(6-9(2)3)7-10(4)5;1-7-3-6(5-9)4-8-2;1-4(2-5)3-6;1-3-2/h10H,6-8H2,1-5H3;9H,6-8H2,1-5H3;8,11H,5-7H2,1-4H3;1,6-7H2,2-5H3;6-9H,3-5H2,1-2H3;1-3H2;3H,1-2H3. The predicted molar refractivity (Wildman–Crippen MR) is 310 cm³/mol. The number of alkyl halides is 2. The number of rotatable bonds is 29. The fraction of sp³-hybridized carbons (Fsp3) is 0.894. The van der Waals surface area contributed by atoms with E-state index in [1.54, 1.807) is 6.92 Å². The molecule has 0 rings (SSSR count). The zero-order valence-corrected chi connectivity index (χ0v) is 51.8. The highest BCUT2D eigenvalue weighted by Crippen LogP contribution is 2.11. The molecule has 0 saturated heterocycles.